The van der Waals surface area contributed by atoms with Crippen LogP contribution in [0.3, 0.4) is 0 Å². The zero-order valence-corrected chi connectivity index (χ0v) is 12.9. The molecule has 0 spiro atoms. The minimum atomic E-state index is -0.606. The maximum Gasteiger partial charge on any atom is 0.290 e. The SMILES string of the molecule is COc1ccc(F)cc1[C@H](NC(=O)c1cc(=O)[nH]o1)C1CC(O)C1. The van der Waals surface area contributed by atoms with E-state index in [0.29, 0.717) is 24.2 Å². The first kappa shape index (κ1) is 16.3. The first-order chi connectivity index (χ1) is 11.5. The van der Waals surface area contributed by atoms with Crippen LogP contribution in [-0.4, -0.2) is 29.4 Å². The highest BCUT2D eigenvalue weighted by Crippen LogP contribution is 2.41. The van der Waals surface area contributed by atoms with E-state index < -0.39 is 29.4 Å². The van der Waals surface area contributed by atoms with Crippen LogP contribution in [0.15, 0.2) is 33.6 Å². The van der Waals surface area contributed by atoms with Crippen LogP contribution in [0, 0.1) is 11.7 Å². The van der Waals surface area contributed by atoms with Crippen molar-refractivity contribution in [2.24, 2.45) is 5.92 Å². The van der Waals surface area contributed by atoms with E-state index in [2.05, 4.69) is 5.32 Å². The second-order valence-corrected chi connectivity index (χ2v) is 5.80. The number of carbonyl (C=O) groups excluding carboxylic acids is 1. The maximum atomic E-state index is 13.7. The van der Waals surface area contributed by atoms with Gasteiger partial charge in [-0.3, -0.25) is 9.59 Å². The van der Waals surface area contributed by atoms with Crippen molar-refractivity contribution in [3.63, 3.8) is 0 Å². The Morgan fingerprint density at radius 3 is 2.79 bits per heavy atom. The van der Waals surface area contributed by atoms with E-state index in [9.17, 15) is 19.1 Å². The van der Waals surface area contributed by atoms with Gasteiger partial charge in [0.05, 0.1) is 25.3 Å². The maximum absolute atomic E-state index is 13.7. The summed E-state index contributed by atoms with van der Waals surface area (Å²) in [6, 6.07) is 4.50. The summed E-state index contributed by atoms with van der Waals surface area (Å²) in [7, 11) is 1.45. The van der Waals surface area contributed by atoms with Gasteiger partial charge in [-0.1, -0.05) is 0 Å². The van der Waals surface area contributed by atoms with Crippen LogP contribution in [-0.2, 0) is 0 Å². The van der Waals surface area contributed by atoms with Gasteiger partial charge >= 0.3 is 0 Å². The van der Waals surface area contributed by atoms with Crippen LogP contribution in [0.2, 0.25) is 0 Å². The van der Waals surface area contributed by atoms with Crippen molar-refractivity contribution in [1.82, 2.24) is 10.5 Å². The number of halogens is 1. The molecule has 0 aliphatic heterocycles. The zero-order valence-electron chi connectivity index (χ0n) is 12.9. The van der Waals surface area contributed by atoms with Crippen LogP contribution in [0.25, 0.3) is 0 Å². The average molecular weight is 336 g/mol. The lowest BCUT2D eigenvalue weighted by molar-refractivity contribution is 0.0227. The molecule has 1 aromatic heterocycles. The van der Waals surface area contributed by atoms with Crippen LogP contribution >= 0.6 is 0 Å². The van der Waals surface area contributed by atoms with E-state index in [-0.39, 0.29) is 11.7 Å². The third kappa shape index (κ3) is 3.18. The fourth-order valence-corrected chi connectivity index (χ4v) is 2.91. The monoisotopic (exact) mass is 336 g/mol. The topological polar surface area (TPSA) is 105 Å². The van der Waals surface area contributed by atoms with Gasteiger partial charge in [-0.25, -0.2) is 4.39 Å². The second kappa shape index (κ2) is 6.48. The van der Waals surface area contributed by atoms with Gasteiger partial charge < -0.3 is 19.7 Å². The number of H-pyrrole nitrogens is 1. The summed E-state index contributed by atoms with van der Waals surface area (Å²) >= 11 is 0. The highest BCUT2D eigenvalue weighted by molar-refractivity contribution is 5.91. The quantitative estimate of drug-likeness (QED) is 0.765. The molecule has 3 rings (SSSR count). The number of aromatic nitrogens is 1. The molecule has 0 saturated heterocycles. The van der Waals surface area contributed by atoms with Crippen molar-refractivity contribution in [3.8, 4) is 5.75 Å². The number of hydrogen-bond donors (Lipinski definition) is 3. The smallest absolute Gasteiger partial charge is 0.290 e. The van der Waals surface area contributed by atoms with Gasteiger partial charge in [0.2, 0.25) is 5.76 Å². The minimum absolute atomic E-state index is 0.0784. The number of benzene rings is 1. The first-order valence-electron chi connectivity index (χ1n) is 7.49. The molecule has 3 N–H and O–H groups in total. The van der Waals surface area contributed by atoms with Gasteiger partial charge in [-0.15, -0.1) is 0 Å². The lowest BCUT2D eigenvalue weighted by atomic mass is 9.75. The Bertz CT molecular complexity index is 794. The molecule has 1 heterocycles. The van der Waals surface area contributed by atoms with Crippen molar-refractivity contribution in [3.05, 3.63) is 51.8 Å². The summed E-state index contributed by atoms with van der Waals surface area (Å²) in [5.41, 5.74) is -0.0558. The summed E-state index contributed by atoms with van der Waals surface area (Å²) in [5, 5.41) is 14.3. The zero-order chi connectivity index (χ0) is 17.3. The highest BCUT2D eigenvalue weighted by atomic mass is 19.1. The Hall–Kier alpha value is -2.61. The molecule has 2 aromatic rings. The van der Waals surface area contributed by atoms with Gasteiger partial charge in [0.15, 0.2) is 0 Å². The number of aliphatic hydroxyl groups excluding tert-OH is 1. The summed E-state index contributed by atoms with van der Waals surface area (Å²) in [5.74, 6) is -0.881. The van der Waals surface area contributed by atoms with Crippen LogP contribution in [0.1, 0.15) is 35.0 Å². The number of methoxy groups -OCH3 is 1. The molecule has 0 unspecified atom stereocenters. The average Bonchev–Trinajstić information content (AvgIpc) is 2.96. The minimum Gasteiger partial charge on any atom is -0.496 e. The van der Waals surface area contributed by atoms with Gasteiger partial charge in [0, 0.05) is 5.56 Å². The standard InChI is InChI=1S/C16H17FN2O5/c1-23-12-3-2-9(17)6-11(12)15(8-4-10(20)5-8)18-16(22)13-7-14(21)19-24-13/h2-3,6-8,10,15,20H,4-5H2,1H3,(H,18,22)(H,19,21)/t8?,10?,15-/m1/s1. The molecule has 8 heteroatoms. The van der Waals surface area contributed by atoms with E-state index in [1.54, 1.807) is 0 Å². The predicted molar refractivity (Wildman–Crippen MR) is 81.2 cm³/mol. The molecule has 1 aliphatic rings. The predicted octanol–water partition coefficient (Wildman–Crippen LogP) is 1.36. The van der Waals surface area contributed by atoms with Gasteiger partial charge in [0.1, 0.15) is 11.6 Å². The lowest BCUT2D eigenvalue weighted by Crippen LogP contribution is -2.41. The number of aromatic amines is 1. The summed E-state index contributed by atoms with van der Waals surface area (Å²) in [6.45, 7) is 0. The molecule has 1 aromatic carbocycles. The van der Waals surface area contributed by atoms with Crippen LogP contribution in [0.5, 0.6) is 5.75 Å². The number of hydrogen-bond acceptors (Lipinski definition) is 5. The normalized spacial score (nSPS) is 21.0. The molecule has 0 bridgehead atoms. The molecule has 7 nitrogen and oxygen atoms in total. The Labute approximate surface area is 136 Å². The number of rotatable bonds is 5. The van der Waals surface area contributed by atoms with Crippen LogP contribution in [0.4, 0.5) is 4.39 Å². The molecule has 1 atom stereocenters. The van der Waals surface area contributed by atoms with Crippen molar-refractivity contribution in [1.29, 1.82) is 0 Å². The molecular weight excluding hydrogens is 319 g/mol. The van der Waals surface area contributed by atoms with Gasteiger partial charge in [0.25, 0.3) is 11.5 Å². The molecule has 1 fully saturated rings. The lowest BCUT2D eigenvalue weighted by Gasteiger charge is -2.38. The number of ether oxygens (including phenoxy) is 1. The van der Waals surface area contributed by atoms with E-state index in [1.807, 2.05) is 5.16 Å². The molecule has 0 radical (unpaired) electrons. The Morgan fingerprint density at radius 2 is 2.21 bits per heavy atom. The molecule has 24 heavy (non-hydrogen) atoms. The Balaban J connectivity index is 1.91. The summed E-state index contributed by atoms with van der Waals surface area (Å²) < 4.78 is 23.7. The number of carbonyl (C=O) groups is 1. The summed E-state index contributed by atoms with van der Waals surface area (Å²) in [6.07, 6.45) is 0.503. The fraction of sp³-hybridized carbons (Fsp3) is 0.375. The van der Waals surface area contributed by atoms with Gasteiger partial charge in [-0.2, -0.15) is 5.16 Å². The van der Waals surface area contributed by atoms with Crippen molar-refractivity contribution < 1.29 is 23.6 Å². The third-order valence-corrected chi connectivity index (χ3v) is 4.18. The molecule has 1 aliphatic carbocycles. The molecular formula is C16H17FN2O5. The van der Waals surface area contributed by atoms with E-state index in [1.165, 1.54) is 25.3 Å². The third-order valence-electron chi connectivity index (χ3n) is 4.18. The largest absolute Gasteiger partial charge is 0.496 e. The van der Waals surface area contributed by atoms with Crippen molar-refractivity contribution in [2.75, 3.05) is 7.11 Å². The molecule has 128 valence electrons. The fourth-order valence-electron chi connectivity index (χ4n) is 2.91. The Kier molecular flexibility index (Phi) is 4.39. The first-order valence-corrected chi connectivity index (χ1v) is 7.49. The van der Waals surface area contributed by atoms with E-state index in [4.69, 9.17) is 9.26 Å². The van der Waals surface area contributed by atoms with E-state index in [0.717, 1.165) is 6.07 Å². The second-order valence-electron chi connectivity index (χ2n) is 5.80. The number of amides is 1. The molecule has 1 saturated carbocycles. The Morgan fingerprint density at radius 1 is 1.46 bits per heavy atom. The molecule has 1 amide bonds. The summed E-state index contributed by atoms with van der Waals surface area (Å²) in [4.78, 5) is 23.4. The van der Waals surface area contributed by atoms with Crippen molar-refractivity contribution in [2.45, 2.75) is 25.0 Å². The van der Waals surface area contributed by atoms with E-state index >= 15 is 0 Å². The number of aliphatic hydroxyl groups is 1. The van der Waals surface area contributed by atoms with Crippen LogP contribution < -0.4 is 15.6 Å². The highest BCUT2D eigenvalue weighted by Gasteiger charge is 2.37. The number of nitrogens with one attached hydrogen (secondary N) is 2. The van der Waals surface area contributed by atoms with Crippen molar-refractivity contribution >= 4 is 5.91 Å². The van der Waals surface area contributed by atoms with Gasteiger partial charge in [-0.05, 0) is 37.0 Å².